The summed E-state index contributed by atoms with van der Waals surface area (Å²) < 4.78 is 0. The normalized spacial score (nSPS) is 11.7. The van der Waals surface area contributed by atoms with Crippen LogP contribution >= 0.6 is 0 Å². The lowest BCUT2D eigenvalue weighted by Crippen LogP contribution is -2.50. The van der Waals surface area contributed by atoms with E-state index in [9.17, 15) is 9.59 Å². The molecule has 6 nitrogen and oxygen atoms in total. The van der Waals surface area contributed by atoms with E-state index in [0.717, 1.165) is 19.3 Å². The average molecular weight is 265 g/mol. The zero-order valence-electron chi connectivity index (χ0n) is 10.6. The summed E-state index contributed by atoms with van der Waals surface area (Å²) in [4.78, 5) is 22.2. The van der Waals surface area contributed by atoms with Crippen molar-refractivity contribution in [1.29, 1.82) is 0 Å². The maximum atomic E-state index is 11.4. The summed E-state index contributed by atoms with van der Waals surface area (Å²) in [6.45, 7) is 0.456. The fourth-order valence-electron chi connectivity index (χ4n) is 1.61. The molecule has 104 valence electrons. The second-order valence-corrected chi connectivity index (χ2v) is 4.19. The van der Waals surface area contributed by atoms with Gasteiger partial charge in [-0.3, -0.25) is 14.8 Å². The number of aryl methyl sites for hydroxylation is 1. The summed E-state index contributed by atoms with van der Waals surface area (Å²) >= 11 is 0. The molecule has 0 bridgehead atoms. The van der Waals surface area contributed by atoms with E-state index in [0.29, 0.717) is 6.54 Å². The van der Waals surface area contributed by atoms with Crippen molar-refractivity contribution in [3.63, 3.8) is 0 Å². The molecule has 0 saturated heterocycles. The Hall–Kier alpha value is -1.92. The van der Waals surface area contributed by atoms with Crippen LogP contribution in [-0.2, 0) is 16.0 Å². The van der Waals surface area contributed by atoms with Crippen molar-refractivity contribution in [2.75, 3.05) is 6.54 Å². The molecule has 0 spiro atoms. The number of rotatable bonds is 7. The average Bonchev–Trinajstić information content (AvgIpc) is 2.46. The van der Waals surface area contributed by atoms with Crippen LogP contribution in [0.25, 0.3) is 0 Å². The fraction of sp³-hybridized carbons (Fsp3) is 0.385. The molecular formula is C13H19N3O3. The van der Waals surface area contributed by atoms with Crippen LogP contribution in [0.3, 0.4) is 0 Å². The minimum Gasteiger partial charge on any atom is -0.354 e. The number of carbonyl (C=O) groups is 2. The summed E-state index contributed by atoms with van der Waals surface area (Å²) in [7, 11) is 0. The van der Waals surface area contributed by atoms with Gasteiger partial charge in [-0.15, -0.1) is 0 Å². The molecule has 0 saturated carbocycles. The number of unbranched alkanes of at least 4 members (excludes halogenated alkanes) is 1. The van der Waals surface area contributed by atoms with Crippen LogP contribution in [0, 0.1) is 0 Å². The van der Waals surface area contributed by atoms with Gasteiger partial charge in [0, 0.05) is 6.54 Å². The van der Waals surface area contributed by atoms with Gasteiger partial charge >= 0.3 is 0 Å². The SMILES string of the molecule is NC(C(=O)NO)C(=O)NCCCCc1ccccc1. The topological polar surface area (TPSA) is 104 Å². The third kappa shape index (κ3) is 5.50. The molecule has 19 heavy (non-hydrogen) atoms. The maximum Gasteiger partial charge on any atom is 0.269 e. The first-order chi connectivity index (χ1) is 9.15. The molecule has 1 atom stereocenters. The predicted molar refractivity (Wildman–Crippen MR) is 70.3 cm³/mol. The molecule has 0 aromatic heterocycles. The first-order valence-corrected chi connectivity index (χ1v) is 6.16. The van der Waals surface area contributed by atoms with Crippen molar-refractivity contribution in [2.45, 2.75) is 25.3 Å². The monoisotopic (exact) mass is 265 g/mol. The molecule has 2 amide bonds. The number of amides is 2. The lowest BCUT2D eigenvalue weighted by Gasteiger charge is -2.10. The number of hydroxylamine groups is 1. The molecular weight excluding hydrogens is 246 g/mol. The van der Waals surface area contributed by atoms with Crippen LogP contribution in [0.1, 0.15) is 18.4 Å². The van der Waals surface area contributed by atoms with Gasteiger partial charge in [-0.05, 0) is 24.8 Å². The second kappa shape index (κ2) is 8.23. The van der Waals surface area contributed by atoms with Crippen molar-refractivity contribution >= 4 is 11.8 Å². The highest BCUT2D eigenvalue weighted by atomic mass is 16.5. The smallest absolute Gasteiger partial charge is 0.269 e. The summed E-state index contributed by atoms with van der Waals surface area (Å²) in [6, 6.07) is 8.68. The van der Waals surface area contributed by atoms with Crippen LogP contribution < -0.4 is 16.5 Å². The molecule has 0 aliphatic heterocycles. The van der Waals surface area contributed by atoms with Crippen molar-refractivity contribution in [2.24, 2.45) is 5.73 Å². The van der Waals surface area contributed by atoms with E-state index in [-0.39, 0.29) is 0 Å². The zero-order valence-corrected chi connectivity index (χ0v) is 10.6. The van der Waals surface area contributed by atoms with E-state index in [1.165, 1.54) is 11.0 Å². The highest BCUT2D eigenvalue weighted by Gasteiger charge is 2.20. The van der Waals surface area contributed by atoms with Gasteiger partial charge < -0.3 is 11.1 Å². The van der Waals surface area contributed by atoms with Gasteiger partial charge in [-0.25, -0.2) is 5.48 Å². The predicted octanol–water partition coefficient (Wildman–Crippen LogP) is -0.0418. The quantitative estimate of drug-likeness (QED) is 0.240. The zero-order chi connectivity index (χ0) is 14.1. The number of benzene rings is 1. The largest absolute Gasteiger partial charge is 0.354 e. The van der Waals surface area contributed by atoms with E-state index in [1.807, 2.05) is 18.2 Å². The Morgan fingerprint density at radius 2 is 1.84 bits per heavy atom. The molecule has 0 radical (unpaired) electrons. The van der Waals surface area contributed by atoms with Gasteiger partial charge in [0.25, 0.3) is 5.91 Å². The Morgan fingerprint density at radius 1 is 1.16 bits per heavy atom. The van der Waals surface area contributed by atoms with E-state index in [1.54, 1.807) is 0 Å². The van der Waals surface area contributed by atoms with E-state index in [2.05, 4.69) is 17.4 Å². The Morgan fingerprint density at radius 3 is 2.47 bits per heavy atom. The number of hydrogen-bond donors (Lipinski definition) is 4. The van der Waals surface area contributed by atoms with Crippen LogP contribution in [0.2, 0.25) is 0 Å². The highest BCUT2D eigenvalue weighted by Crippen LogP contribution is 2.03. The van der Waals surface area contributed by atoms with Crippen molar-refractivity contribution in [3.8, 4) is 0 Å². The van der Waals surface area contributed by atoms with E-state index in [4.69, 9.17) is 10.9 Å². The molecule has 0 heterocycles. The van der Waals surface area contributed by atoms with Crippen LogP contribution in [0.15, 0.2) is 30.3 Å². The number of carbonyl (C=O) groups excluding carboxylic acids is 2. The standard InChI is InChI=1S/C13H19N3O3/c14-11(13(18)16-19)12(17)15-9-5-4-8-10-6-2-1-3-7-10/h1-3,6-7,11,19H,4-5,8-9,14H2,(H,15,17)(H,16,18). The number of hydrogen-bond acceptors (Lipinski definition) is 4. The van der Waals surface area contributed by atoms with Crippen molar-refractivity contribution < 1.29 is 14.8 Å². The molecule has 1 unspecified atom stereocenters. The van der Waals surface area contributed by atoms with Gasteiger partial charge in [0.15, 0.2) is 6.04 Å². The van der Waals surface area contributed by atoms with Gasteiger partial charge in [0.1, 0.15) is 0 Å². The van der Waals surface area contributed by atoms with E-state index < -0.39 is 17.9 Å². The second-order valence-electron chi connectivity index (χ2n) is 4.19. The Labute approximate surface area is 111 Å². The van der Waals surface area contributed by atoms with Gasteiger partial charge in [0.05, 0.1) is 0 Å². The van der Waals surface area contributed by atoms with Crippen LogP contribution in [-0.4, -0.2) is 29.6 Å². The van der Waals surface area contributed by atoms with Crippen molar-refractivity contribution in [3.05, 3.63) is 35.9 Å². The summed E-state index contributed by atoms with van der Waals surface area (Å²) in [5.41, 5.74) is 7.89. The highest BCUT2D eigenvalue weighted by molar-refractivity contribution is 6.03. The third-order valence-corrected chi connectivity index (χ3v) is 2.71. The molecule has 1 rings (SSSR count). The van der Waals surface area contributed by atoms with Gasteiger partial charge in [-0.1, -0.05) is 30.3 Å². The Kier molecular flexibility index (Phi) is 6.56. The fourth-order valence-corrected chi connectivity index (χ4v) is 1.61. The molecule has 5 N–H and O–H groups in total. The molecule has 6 heteroatoms. The minimum absolute atomic E-state index is 0.456. The molecule has 1 aromatic carbocycles. The number of nitrogens with two attached hydrogens (primary N) is 1. The third-order valence-electron chi connectivity index (χ3n) is 2.71. The lowest BCUT2D eigenvalue weighted by atomic mass is 10.1. The lowest BCUT2D eigenvalue weighted by molar-refractivity contribution is -0.136. The Bertz CT molecular complexity index is 409. The minimum atomic E-state index is -1.38. The molecule has 0 aliphatic rings. The summed E-state index contributed by atoms with van der Waals surface area (Å²) in [5.74, 6) is -1.51. The van der Waals surface area contributed by atoms with Crippen molar-refractivity contribution in [1.82, 2.24) is 10.8 Å². The van der Waals surface area contributed by atoms with Crippen LogP contribution in [0.5, 0.6) is 0 Å². The van der Waals surface area contributed by atoms with E-state index >= 15 is 0 Å². The van der Waals surface area contributed by atoms with Gasteiger partial charge in [-0.2, -0.15) is 0 Å². The summed E-state index contributed by atoms with van der Waals surface area (Å²) in [5, 5.41) is 10.9. The molecule has 1 aromatic rings. The van der Waals surface area contributed by atoms with Gasteiger partial charge in [0.2, 0.25) is 5.91 Å². The summed E-state index contributed by atoms with van der Waals surface area (Å²) in [6.07, 6.45) is 2.68. The Balaban J connectivity index is 2.14. The number of nitrogens with one attached hydrogen (secondary N) is 2. The van der Waals surface area contributed by atoms with Crippen LogP contribution in [0.4, 0.5) is 0 Å². The first kappa shape index (κ1) is 15.1. The molecule has 0 aliphatic carbocycles. The first-order valence-electron chi connectivity index (χ1n) is 6.16. The maximum absolute atomic E-state index is 11.4. The molecule has 0 fully saturated rings.